The van der Waals surface area contributed by atoms with Crippen molar-refractivity contribution in [3.8, 4) is 0 Å². The van der Waals surface area contributed by atoms with Gasteiger partial charge in [0.15, 0.2) is 0 Å². The number of nitrogens with zero attached hydrogens (tertiary/aromatic N) is 1. The van der Waals surface area contributed by atoms with E-state index in [4.69, 9.17) is 0 Å². The fourth-order valence-corrected chi connectivity index (χ4v) is 2.59. The van der Waals surface area contributed by atoms with Crippen molar-refractivity contribution in [2.45, 2.75) is 40.5 Å². The first kappa shape index (κ1) is 15.5. The van der Waals surface area contributed by atoms with Gasteiger partial charge in [0.1, 0.15) is 5.41 Å². The molecule has 0 bridgehead atoms. The second kappa shape index (κ2) is 5.88. The summed E-state index contributed by atoms with van der Waals surface area (Å²) in [5.74, 6) is -0.191. The predicted octanol–water partition coefficient (Wildman–Crippen LogP) is 2.89. The van der Waals surface area contributed by atoms with E-state index in [2.05, 4.69) is 5.32 Å². The lowest BCUT2D eigenvalue weighted by Crippen LogP contribution is -2.42. The van der Waals surface area contributed by atoms with E-state index in [-0.39, 0.29) is 11.8 Å². The van der Waals surface area contributed by atoms with Crippen LogP contribution in [0.1, 0.15) is 37.8 Å². The first-order valence-corrected chi connectivity index (χ1v) is 7.62. The molecule has 4 heteroatoms. The van der Waals surface area contributed by atoms with E-state index in [0.29, 0.717) is 25.9 Å². The van der Waals surface area contributed by atoms with Crippen LogP contribution in [0.3, 0.4) is 0 Å². The van der Waals surface area contributed by atoms with E-state index in [0.717, 1.165) is 16.8 Å². The van der Waals surface area contributed by atoms with E-state index in [1.54, 1.807) is 4.90 Å². The highest BCUT2D eigenvalue weighted by Gasteiger charge is 2.57. The molecular weight excluding hydrogens is 264 g/mol. The summed E-state index contributed by atoms with van der Waals surface area (Å²) in [5.41, 5.74) is 2.08. The van der Waals surface area contributed by atoms with E-state index in [1.165, 1.54) is 0 Å². The van der Waals surface area contributed by atoms with Crippen LogP contribution in [0.5, 0.6) is 0 Å². The van der Waals surface area contributed by atoms with Crippen LogP contribution in [-0.2, 0) is 9.59 Å². The predicted molar refractivity (Wildman–Crippen MR) is 84.1 cm³/mol. The molecule has 1 aromatic carbocycles. The van der Waals surface area contributed by atoms with Gasteiger partial charge in [0.2, 0.25) is 11.8 Å². The average Bonchev–Trinajstić information content (AvgIpc) is 3.25. The van der Waals surface area contributed by atoms with Gasteiger partial charge in [-0.15, -0.1) is 0 Å². The third-order valence-electron chi connectivity index (χ3n) is 4.29. The molecule has 0 atom stereocenters. The molecule has 1 fully saturated rings. The van der Waals surface area contributed by atoms with Gasteiger partial charge in [-0.05, 0) is 57.7 Å². The largest absolute Gasteiger partial charge is 0.342 e. The minimum Gasteiger partial charge on any atom is -0.342 e. The maximum Gasteiger partial charge on any atom is 0.240 e. The van der Waals surface area contributed by atoms with Crippen molar-refractivity contribution < 1.29 is 9.59 Å². The number of anilines is 1. The molecular formula is C17H24N2O2. The van der Waals surface area contributed by atoms with Gasteiger partial charge < -0.3 is 10.2 Å². The third kappa shape index (κ3) is 2.94. The Labute approximate surface area is 126 Å². The molecule has 21 heavy (non-hydrogen) atoms. The summed E-state index contributed by atoms with van der Waals surface area (Å²) in [6, 6.07) is 5.95. The second-order valence-corrected chi connectivity index (χ2v) is 5.83. The highest BCUT2D eigenvalue weighted by molar-refractivity contribution is 6.13. The van der Waals surface area contributed by atoms with E-state index < -0.39 is 5.41 Å². The summed E-state index contributed by atoms with van der Waals surface area (Å²) in [6.07, 6.45) is 1.30. The molecule has 1 aliphatic carbocycles. The maximum absolute atomic E-state index is 12.6. The van der Waals surface area contributed by atoms with Crippen molar-refractivity contribution >= 4 is 17.5 Å². The highest BCUT2D eigenvalue weighted by atomic mass is 16.2. The van der Waals surface area contributed by atoms with Crippen LogP contribution in [0.25, 0.3) is 0 Å². The Kier molecular flexibility index (Phi) is 4.35. The van der Waals surface area contributed by atoms with Crippen molar-refractivity contribution in [2.24, 2.45) is 5.41 Å². The number of nitrogens with one attached hydrogen (secondary N) is 1. The second-order valence-electron chi connectivity index (χ2n) is 5.83. The van der Waals surface area contributed by atoms with Crippen molar-refractivity contribution in [3.05, 3.63) is 29.3 Å². The normalized spacial score (nSPS) is 15.4. The average molecular weight is 288 g/mol. The number of benzene rings is 1. The smallest absolute Gasteiger partial charge is 0.240 e. The minimum absolute atomic E-state index is 0.0321. The third-order valence-corrected chi connectivity index (χ3v) is 4.29. The topological polar surface area (TPSA) is 49.4 Å². The molecule has 4 nitrogen and oxygen atoms in total. The summed E-state index contributed by atoms with van der Waals surface area (Å²) in [7, 11) is 0. The number of rotatable bonds is 5. The van der Waals surface area contributed by atoms with Gasteiger partial charge in [-0.1, -0.05) is 12.1 Å². The van der Waals surface area contributed by atoms with E-state index in [9.17, 15) is 9.59 Å². The van der Waals surface area contributed by atoms with Crippen LogP contribution in [-0.4, -0.2) is 29.8 Å². The van der Waals surface area contributed by atoms with Gasteiger partial charge in [0, 0.05) is 18.8 Å². The van der Waals surface area contributed by atoms with Crippen molar-refractivity contribution in [2.75, 3.05) is 18.4 Å². The molecule has 0 radical (unpaired) electrons. The molecule has 1 aliphatic rings. The number of aryl methyl sites for hydroxylation is 2. The van der Waals surface area contributed by atoms with Gasteiger partial charge in [-0.2, -0.15) is 0 Å². The lowest BCUT2D eigenvalue weighted by Gasteiger charge is -2.24. The summed E-state index contributed by atoms with van der Waals surface area (Å²) in [6.45, 7) is 9.13. The van der Waals surface area contributed by atoms with Gasteiger partial charge in [0.25, 0.3) is 0 Å². The Bertz CT molecular complexity index is 558. The van der Waals surface area contributed by atoms with E-state index >= 15 is 0 Å². The van der Waals surface area contributed by atoms with Crippen LogP contribution < -0.4 is 5.32 Å². The molecule has 2 amide bonds. The molecule has 0 saturated heterocycles. The Balaban J connectivity index is 2.16. The van der Waals surface area contributed by atoms with Crippen molar-refractivity contribution in [3.63, 3.8) is 0 Å². The summed E-state index contributed by atoms with van der Waals surface area (Å²) >= 11 is 0. The lowest BCUT2D eigenvalue weighted by atomic mass is 10.0. The molecule has 0 unspecified atom stereocenters. The lowest BCUT2D eigenvalue weighted by molar-refractivity contribution is -0.141. The zero-order valence-corrected chi connectivity index (χ0v) is 13.3. The molecule has 0 spiro atoms. The summed E-state index contributed by atoms with van der Waals surface area (Å²) < 4.78 is 0. The molecule has 2 rings (SSSR count). The Morgan fingerprint density at radius 1 is 1.19 bits per heavy atom. The summed E-state index contributed by atoms with van der Waals surface area (Å²) in [5, 5.41) is 2.95. The minimum atomic E-state index is -0.831. The van der Waals surface area contributed by atoms with Crippen molar-refractivity contribution in [1.82, 2.24) is 4.90 Å². The molecule has 1 N–H and O–H groups in total. The van der Waals surface area contributed by atoms with Gasteiger partial charge in [0.05, 0.1) is 0 Å². The number of amides is 2. The maximum atomic E-state index is 12.6. The molecule has 0 aliphatic heterocycles. The zero-order chi connectivity index (χ0) is 15.6. The standard InChI is InChI=1S/C17H24N2O2/c1-5-19(6-2)16(21)17(9-10-17)15(20)18-14-11-12(3)7-8-13(14)4/h7-8,11H,5-6,9-10H2,1-4H3,(H,18,20). The SMILES string of the molecule is CCN(CC)C(=O)C1(C(=O)Nc2cc(C)ccc2C)CC1. The van der Waals surface area contributed by atoms with Crippen LogP contribution in [0.2, 0.25) is 0 Å². The summed E-state index contributed by atoms with van der Waals surface area (Å²) in [4.78, 5) is 26.9. The molecule has 114 valence electrons. The number of hydrogen-bond donors (Lipinski definition) is 1. The van der Waals surface area contributed by atoms with Crippen molar-refractivity contribution in [1.29, 1.82) is 0 Å². The van der Waals surface area contributed by atoms with Gasteiger partial charge in [-0.3, -0.25) is 9.59 Å². The monoisotopic (exact) mass is 288 g/mol. The Hall–Kier alpha value is -1.84. The molecule has 1 saturated carbocycles. The number of hydrogen-bond acceptors (Lipinski definition) is 2. The quantitative estimate of drug-likeness (QED) is 0.847. The number of carbonyl (C=O) groups excluding carboxylic acids is 2. The Morgan fingerprint density at radius 2 is 1.81 bits per heavy atom. The number of carbonyl (C=O) groups is 2. The highest BCUT2D eigenvalue weighted by Crippen LogP contribution is 2.48. The fraction of sp³-hybridized carbons (Fsp3) is 0.529. The molecule has 1 aromatic rings. The van der Waals surface area contributed by atoms with E-state index in [1.807, 2.05) is 45.9 Å². The van der Waals surface area contributed by atoms with Gasteiger partial charge in [-0.25, -0.2) is 0 Å². The van der Waals surface area contributed by atoms with Crippen LogP contribution >= 0.6 is 0 Å². The first-order valence-electron chi connectivity index (χ1n) is 7.62. The van der Waals surface area contributed by atoms with Crippen LogP contribution in [0, 0.1) is 19.3 Å². The Morgan fingerprint density at radius 3 is 2.33 bits per heavy atom. The molecule has 0 heterocycles. The van der Waals surface area contributed by atoms with Crippen LogP contribution in [0.15, 0.2) is 18.2 Å². The van der Waals surface area contributed by atoms with Gasteiger partial charge >= 0.3 is 0 Å². The fourth-order valence-electron chi connectivity index (χ4n) is 2.59. The molecule has 0 aromatic heterocycles. The zero-order valence-electron chi connectivity index (χ0n) is 13.3. The first-order chi connectivity index (χ1) is 9.94. The van der Waals surface area contributed by atoms with Crippen LogP contribution in [0.4, 0.5) is 5.69 Å².